The van der Waals surface area contributed by atoms with Gasteiger partial charge in [0.2, 0.25) is 0 Å². The number of aromatic nitrogens is 1. The Balaban J connectivity index is 1.89. The van der Waals surface area contributed by atoms with E-state index in [-0.39, 0.29) is 12.3 Å². The third kappa shape index (κ3) is 4.87. The van der Waals surface area contributed by atoms with Crippen LogP contribution in [0.15, 0.2) is 24.3 Å². The molecule has 0 atom stereocenters. The highest BCUT2D eigenvalue weighted by Gasteiger charge is 2.22. The summed E-state index contributed by atoms with van der Waals surface area (Å²) in [4.78, 5) is 38.7. The number of hydrogen-bond acceptors (Lipinski definition) is 5. The molecule has 2 amide bonds. The van der Waals surface area contributed by atoms with E-state index < -0.39 is 17.8 Å². The summed E-state index contributed by atoms with van der Waals surface area (Å²) in [6.07, 6.45) is 0.919. The van der Waals surface area contributed by atoms with Crippen LogP contribution in [-0.4, -0.2) is 36.5 Å². The van der Waals surface area contributed by atoms with Crippen molar-refractivity contribution in [3.8, 4) is 5.75 Å². The first kappa shape index (κ1) is 20.0. The van der Waals surface area contributed by atoms with E-state index in [1.165, 1.54) is 12.7 Å². The van der Waals surface area contributed by atoms with Crippen LogP contribution in [0.1, 0.15) is 44.6 Å². The van der Waals surface area contributed by atoms with Gasteiger partial charge in [0, 0.05) is 5.69 Å². The molecule has 1 aromatic carbocycles. The first-order chi connectivity index (χ1) is 12.9. The highest BCUT2D eigenvalue weighted by Crippen LogP contribution is 2.18. The van der Waals surface area contributed by atoms with Crippen molar-refractivity contribution in [2.45, 2.75) is 27.2 Å². The van der Waals surface area contributed by atoms with Crippen LogP contribution in [0, 0.1) is 13.8 Å². The molecule has 27 heavy (non-hydrogen) atoms. The maximum atomic E-state index is 12.2. The van der Waals surface area contributed by atoms with Crippen LogP contribution >= 0.6 is 0 Å². The van der Waals surface area contributed by atoms with Crippen molar-refractivity contribution in [1.82, 2.24) is 15.8 Å². The van der Waals surface area contributed by atoms with Crippen LogP contribution in [0.3, 0.4) is 0 Å². The van der Waals surface area contributed by atoms with Gasteiger partial charge in [-0.05, 0) is 43.5 Å². The fourth-order valence-electron chi connectivity index (χ4n) is 2.58. The summed E-state index contributed by atoms with van der Waals surface area (Å²) in [5.41, 5.74) is 7.15. The van der Waals surface area contributed by atoms with Gasteiger partial charge in [-0.1, -0.05) is 19.1 Å². The Bertz CT molecular complexity index is 840. The number of esters is 1. The maximum absolute atomic E-state index is 12.2. The third-order valence-corrected chi connectivity index (χ3v) is 4.07. The van der Waals surface area contributed by atoms with E-state index in [1.54, 1.807) is 26.0 Å². The maximum Gasteiger partial charge on any atom is 0.339 e. The molecule has 0 saturated heterocycles. The van der Waals surface area contributed by atoms with E-state index in [0.29, 0.717) is 22.6 Å². The number of nitrogens with one attached hydrogen (secondary N) is 3. The summed E-state index contributed by atoms with van der Waals surface area (Å²) < 4.78 is 10.1. The number of hydrogen-bond donors (Lipinski definition) is 3. The number of amides is 2. The summed E-state index contributed by atoms with van der Waals surface area (Å²) in [5.74, 6) is -1.07. The van der Waals surface area contributed by atoms with E-state index >= 15 is 0 Å². The van der Waals surface area contributed by atoms with E-state index in [4.69, 9.17) is 9.47 Å². The Morgan fingerprint density at radius 1 is 1.07 bits per heavy atom. The van der Waals surface area contributed by atoms with E-state index in [0.717, 1.165) is 6.42 Å². The Kier molecular flexibility index (Phi) is 6.59. The average Bonchev–Trinajstić information content (AvgIpc) is 2.98. The van der Waals surface area contributed by atoms with Crippen molar-refractivity contribution in [3.05, 3.63) is 52.3 Å². The minimum absolute atomic E-state index is 0.171. The lowest BCUT2D eigenvalue weighted by Crippen LogP contribution is -2.44. The quantitative estimate of drug-likeness (QED) is 0.529. The van der Waals surface area contributed by atoms with Gasteiger partial charge in [0.15, 0.2) is 6.61 Å². The van der Waals surface area contributed by atoms with Gasteiger partial charge in [0.25, 0.3) is 11.8 Å². The van der Waals surface area contributed by atoms with Crippen LogP contribution < -0.4 is 15.6 Å². The second kappa shape index (κ2) is 8.88. The first-order valence-corrected chi connectivity index (χ1v) is 8.45. The molecule has 1 heterocycles. The highest BCUT2D eigenvalue weighted by atomic mass is 16.5. The fraction of sp³-hybridized carbons (Fsp3) is 0.316. The van der Waals surface area contributed by atoms with Crippen LogP contribution in [0.2, 0.25) is 0 Å². The smallest absolute Gasteiger partial charge is 0.339 e. The number of benzene rings is 1. The lowest BCUT2D eigenvalue weighted by atomic mass is 10.1. The topological polar surface area (TPSA) is 110 Å². The molecule has 144 valence electrons. The van der Waals surface area contributed by atoms with Gasteiger partial charge in [-0.2, -0.15) is 0 Å². The fourth-order valence-corrected chi connectivity index (χ4v) is 2.58. The zero-order valence-electron chi connectivity index (χ0n) is 15.8. The third-order valence-electron chi connectivity index (χ3n) is 4.07. The molecular weight excluding hydrogens is 350 g/mol. The highest BCUT2D eigenvalue weighted by molar-refractivity contribution is 6.01. The average molecular weight is 373 g/mol. The van der Waals surface area contributed by atoms with Crippen molar-refractivity contribution in [3.63, 3.8) is 0 Å². The van der Waals surface area contributed by atoms with Crippen LogP contribution in [-0.2, 0) is 16.0 Å². The number of aromatic amines is 1. The number of carbonyl (C=O) groups excluding carboxylic acids is 3. The summed E-state index contributed by atoms with van der Waals surface area (Å²) in [7, 11) is 1.27. The molecule has 0 radical (unpaired) electrons. The standard InChI is InChI=1S/C19H23N3O5/c1-5-13-6-8-14(9-7-13)27-10-15(23)21-22-18(24)17-11(2)16(12(3)20-17)19(25)26-4/h6-9,20H,5,10H2,1-4H3,(H,21,23)(H,22,24). The van der Waals surface area contributed by atoms with Gasteiger partial charge in [0.1, 0.15) is 11.4 Å². The molecule has 0 aliphatic heterocycles. The summed E-state index contributed by atoms with van der Waals surface area (Å²) >= 11 is 0. The number of hydrazine groups is 1. The molecule has 0 unspecified atom stereocenters. The van der Waals surface area contributed by atoms with E-state index in [9.17, 15) is 14.4 Å². The molecule has 2 aromatic rings. The van der Waals surface area contributed by atoms with Gasteiger partial charge >= 0.3 is 5.97 Å². The largest absolute Gasteiger partial charge is 0.484 e. The zero-order valence-corrected chi connectivity index (χ0v) is 15.8. The lowest BCUT2D eigenvalue weighted by molar-refractivity contribution is -0.123. The molecule has 0 fully saturated rings. The molecule has 1 aromatic heterocycles. The van der Waals surface area contributed by atoms with Crippen LogP contribution in [0.5, 0.6) is 5.75 Å². The summed E-state index contributed by atoms with van der Waals surface area (Å²) in [6.45, 7) is 5.08. The van der Waals surface area contributed by atoms with Crippen LogP contribution in [0.25, 0.3) is 0 Å². The number of aryl methyl sites for hydroxylation is 2. The van der Waals surface area contributed by atoms with Gasteiger partial charge in [-0.25, -0.2) is 4.79 Å². The van der Waals surface area contributed by atoms with Gasteiger partial charge < -0.3 is 14.5 Å². The van der Waals surface area contributed by atoms with E-state index in [1.807, 2.05) is 19.1 Å². The van der Waals surface area contributed by atoms with Crippen LogP contribution in [0.4, 0.5) is 0 Å². The van der Waals surface area contributed by atoms with Crippen molar-refractivity contribution >= 4 is 17.8 Å². The van der Waals surface area contributed by atoms with Crippen molar-refractivity contribution < 1.29 is 23.9 Å². The first-order valence-electron chi connectivity index (χ1n) is 8.45. The number of carbonyl (C=O) groups is 3. The zero-order chi connectivity index (χ0) is 20.0. The summed E-state index contributed by atoms with van der Waals surface area (Å²) in [6, 6.07) is 7.41. The SMILES string of the molecule is CCc1ccc(OCC(=O)NNC(=O)c2[nH]c(C)c(C(=O)OC)c2C)cc1. The molecule has 2 rings (SSSR count). The Labute approximate surface area is 157 Å². The molecular formula is C19H23N3O5. The molecule has 0 bridgehead atoms. The second-order valence-corrected chi connectivity index (χ2v) is 5.91. The van der Waals surface area contributed by atoms with Gasteiger partial charge in [-0.3, -0.25) is 20.4 Å². The number of H-pyrrole nitrogens is 1. The molecule has 0 aliphatic carbocycles. The molecule has 0 saturated carbocycles. The molecule has 8 nitrogen and oxygen atoms in total. The lowest BCUT2D eigenvalue weighted by Gasteiger charge is -2.09. The van der Waals surface area contributed by atoms with Crippen molar-refractivity contribution in [2.75, 3.05) is 13.7 Å². The minimum Gasteiger partial charge on any atom is -0.484 e. The Morgan fingerprint density at radius 2 is 1.74 bits per heavy atom. The molecule has 3 N–H and O–H groups in total. The number of methoxy groups -OCH3 is 1. The Hall–Kier alpha value is -3.29. The number of rotatable bonds is 6. The van der Waals surface area contributed by atoms with Gasteiger partial charge in [-0.15, -0.1) is 0 Å². The second-order valence-electron chi connectivity index (χ2n) is 5.91. The predicted molar refractivity (Wildman–Crippen MR) is 98.5 cm³/mol. The predicted octanol–water partition coefficient (Wildman–Crippen LogP) is 1.82. The molecule has 0 spiro atoms. The summed E-state index contributed by atoms with van der Waals surface area (Å²) in [5, 5.41) is 0. The normalized spacial score (nSPS) is 10.2. The molecule has 0 aliphatic rings. The van der Waals surface area contributed by atoms with Crippen molar-refractivity contribution in [1.29, 1.82) is 0 Å². The van der Waals surface area contributed by atoms with Crippen molar-refractivity contribution in [2.24, 2.45) is 0 Å². The monoisotopic (exact) mass is 373 g/mol. The Morgan fingerprint density at radius 3 is 2.33 bits per heavy atom. The molecule has 8 heteroatoms. The minimum atomic E-state index is -0.577. The van der Waals surface area contributed by atoms with E-state index in [2.05, 4.69) is 15.8 Å². The van der Waals surface area contributed by atoms with Gasteiger partial charge in [0.05, 0.1) is 12.7 Å². The number of ether oxygens (including phenoxy) is 2.